The van der Waals surface area contributed by atoms with Crippen LogP contribution in [0.3, 0.4) is 0 Å². The first-order valence-electron chi connectivity index (χ1n) is 14.9. The van der Waals surface area contributed by atoms with Gasteiger partial charge in [0.05, 0.1) is 11.1 Å². The summed E-state index contributed by atoms with van der Waals surface area (Å²) in [4.78, 5) is 6.79. The molecule has 0 spiro atoms. The molecule has 3 heteroatoms. The molecule has 0 amide bonds. The maximum Gasteiger partial charge on any atom is 0.138 e. The molecular formula is C41H26N2O. The molecule has 0 bridgehead atoms. The Morgan fingerprint density at radius 3 is 2.02 bits per heavy atom. The Morgan fingerprint density at radius 1 is 0.455 bits per heavy atom. The summed E-state index contributed by atoms with van der Waals surface area (Å²) in [6.07, 6.45) is 3.68. The number of hydrogen-bond acceptors (Lipinski definition) is 3. The molecule has 0 aliphatic heterocycles. The van der Waals surface area contributed by atoms with Gasteiger partial charge in [0.1, 0.15) is 11.2 Å². The van der Waals surface area contributed by atoms with Crippen LogP contribution >= 0.6 is 0 Å². The predicted octanol–water partition coefficient (Wildman–Crippen LogP) is 11.6. The summed E-state index contributed by atoms with van der Waals surface area (Å²) in [5, 5.41) is 9.53. The number of aromatic nitrogens is 1. The van der Waals surface area contributed by atoms with Gasteiger partial charge in [-0.1, -0.05) is 103 Å². The van der Waals surface area contributed by atoms with Gasteiger partial charge >= 0.3 is 0 Å². The standard InChI is InChI=1S/C41H26N2O/c1-2-7-27(8-3-1)28-13-18-31(19-14-28)43(38-11-6-12-40-41(38)37-26-42-24-23-39(37)44-40)32-20-15-30-17-21-34-33-10-5-4-9-29(33)16-22-35(34)36(30)25-32/h1-26H. The molecule has 0 radical (unpaired) electrons. The van der Waals surface area contributed by atoms with Crippen LogP contribution in [0.4, 0.5) is 17.1 Å². The lowest BCUT2D eigenvalue weighted by molar-refractivity contribution is 0.668. The van der Waals surface area contributed by atoms with Crippen LogP contribution in [0.25, 0.3) is 65.4 Å². The van der Waals surface area contributed by atoms with Crippen LogP contribution in [0.15, 0.2) is 162 Å². The maximum absolute atomic E-state index is 6.29. The van der Waals surface area contributed by atoms with E-state index < -0.39 is 0 Å². The summed E-state index contributed by atoms with van der Waals surface area (Å²) >= 11 is 0. The van der Waals surface area contributed by atoms with Crippen LogP contribution in [0.2, 0.25) is 0 Å². The molecule has 2 heterocycles. The van der Waals surface area contributed by atoms with E-state index in [2.05, 4.69) is 143 Å². The van der Waals surface area contributed by atoms with Gasteiger partial charge in [-0.25, -0.2) is 0 Å². The van der Waals surface area contributed by atoms with Crippen molar-refractivity contribution >= 4 is 71.3 Å². The predicted molar refractivity (Wildman–Crippen MR) is 184 cm³/mol. The number of nitrogens with zero attached hydrogens (tertiary/aromatic N) is 2. The average molecular weight is 563 g/mol. The molecular weight excluding hydrogens is 536 g/mol. The molecule has 2 aromatic heterocycles. The second-order valence-electron chi connectivity index (χ2n) is 11.2. The van der Waals surface area contributed by atoms with Crippen molar-refractivity contribution in [3.05, 3.63) is 158 Å². The zero-order valence-corrected chi connectivity index (χ0v) is 23.8. The van der Waals surface area contributed by atoms with E-state index in [-0.39, 0.29) is 0 Å². The minimum Gasteiger partial charge on any atom is -0.456 e. The van der Waals surface area contributed by atoms with E-state index >= 15 is 0 Å². The second-order valence-corrected chi connectivity index (χ2v) is 11.2. The Balaban J connectivity index is 1.30. The summed E-state index contributed by atoms with van der Waals surface area (Å²) in [6, 6.07) is 52.0. The van der Waals surface area contributed by atoms with Gasteiger partial charge in [-0.15, -0.1) is 0 Å². The first-order chi connectivity index (χ1) is 21.8. The van der Waals surface area contributed by atoms with Gasteiger partial charge in [0.25, 0.3) is 0 Å². The molecule has 0 unspecified atom stereocenters. The zero-order valence-electron chi connectivity index (χ0n) is 23.8. The number of rotatable bonds is 4. The fraction of sp³-hybridized carbons (Fsp3) is 0. The smallest absolute Gasteiger partial charge is 0.138 e. The van der Waals surface area contributed by atoms with Crippen LogP contribution in [0, 0.1) is 0 Å². The van der Waals surface area contributed by atoms with Gasteiger partial charge < -0.3 is 9.32 Å². The van der Waals surface area contributed by atoms with E-state index in [1.165, 1.54) is 43.4 Å². The van der Waals surface area contributed by atoms with Crippen LogP contribution in [0.1, 0.15) is 0 Å². The highest BCUT2D eigenvalue weighted by Gasteiger charge is 2.20. The largest absolute Gasteiger partial charge is 0.456 e. The summed E-state index contributed by atoms with van der Waals surface area (Å²) in [6.45, 7) is 0. The topological polar surface area (TPSA) is 29.3 Å². The molecule has 0 saturated heterocycles. The van der Waals surface area contributed by atoms with Crippen molar-refractivity contribution in [3.63, 3.8) is 0 Å². The SMILES string of the molecule is c1ccc(-c2ccc(N(c3ccc4ccc5c6ccccc6ccc5c4c3)c3cccc4oc5ccncc5c34)cc2)cc1. The van der Waals surface area contributed by atoms with E-state index in [1.54, 1.807) is 6.20 Å². The first kappa shape index (κ1) is 24.6. The van der Waals surface area contributed by atoms with Crippen molar-refractivity contribution in [2.75, 3.05) is 4.90 Å². The van der Waals surface area contributed by atoms with Crippen LogP contribution in [-0.2, 0) is 0 Å². The van der Waals surface area contributed by atoms with E-state index in [1.807, 2.05) is 18.3 Å². The Morgan fingerprint density at radius 2 is 1.16 bits per heavy atom. The molecule has 0 aliphatic rings. The summed E-state index contributed by atoms with van der Waals surface area (Å²) < 4.78 is 6.29. The van der Waals surface area contributed by atoms with Gasteiger partial charge in [-0.3, -0.25) is 4.98 Å². The second kappa shape index (κ2) is 9.82. The average Bonchev–Trinajstić information content (AvgIpc) is 3.48. The molecule has 44 heavy (non-hydrogen) atoms. The molecule has 0 atom stereocenters. The Bertz CT molecular complexity index is 2490. The van der Waals surface area contributed by atoms with E-state index in [0.717, 1.165) is 39.0 Å². The van der Waals surface area contributed by atoms with Crippen molar-refractivity contribution in [2.24, 2.45) is 0 Å². The lowest BCUT2D eigenvalue weighted by Gasteiger charge is -2.27. The molecule has 9 aromatic rings. The molecule has 3 nitrogen and oxygen atoms in total. The van der Waals surface area contributed by atoms with Crippen molar-refractivity contribution in [1.82, 2.24) is 4.98 Å². The third-order valence-corrected chi connectivity index (χ3v) is 8.73. The Labute approximate surface area is 254 Å². The third-order valence-electron chi connectivity index (χ3n) is 8.73. The Kier molecular flexibility index (Phi) is 5.50. The summed E-state index contributed by atoms with van der Waals surface area (Å²) in [7, 11) is 0. The lowest BCUT2D eigenvalue weighted by Crippen LogP contribution is -2.10. The highest BCUT2D eigenvalue weighted by Crippen LogP contribution is 2.44. The number of fused-ring (bicyclic) bond motifs is 8. The number of pyridine rings is 1. The highest BCUT2D eigenvalue weighted by atomic mass is 16.3. The normalized spacial score (nSPS) is 11.6. The first-order valence-corrected chi connectivity index (χ1v) is 14.9. The molecule has 0 N–H and O–H groups in total. The molecule has 0 fully saturated rings. The Hall–Kier alpha value is -5.93. The van der Waals surface area contributed by atoms with Gasteiger partial charge in [0.2, 0.25) is 0 Å². The van der Waals surface area contributed by atoms with Crippen molar-refractivity contribution in [2.45, 2.75) is 0 Å². The lowest BCUT2D eigenvalue weighted by atomic mass is 9.96. The van der Waals surface area contributed by atoms with E-state index in [4.69, 9.17) is 4.42 Å². The van der Waals surface area contributed by atoms with Crippen LogP contribution < -0.4 is 4.90 Å². The van der Waals surface area contributed by atoms with Crippen LogP contribution in [0.5, 0.6) is 0 Å². The van der Waals surface area contributed by atoms with Crippen molar-refractivity contribution in [1.29, 1.82) is 0 Å². The van der Waals surface area contributed by atoms with Gasteiger partial charge in [0, 0.05) is 29.2 Å². The maximum atomic E-state index is 6.29. The van der Waals surface area contributed by atoms with Gasteiger partial charge in [0.15, 0.2) is 0 Å². The van der Waals surface area contributed by atoms with Crippen LogP contribution in [-0.4, -0.2) is 4.98 Å². The number of benzene rings is 7. The van der Waals surface area contributed by atoms with Gasteiger partial charge in [-0.2, -0.15) is 0 Å². The number of hydrogen-bond donors (Lipinski definition) is 0. The minimum absolute atomic E-state index is 0.832. The fourth-order valence-electron chi connectivity index (χ4n) is 6.64. The third kappa shape index (κ3) is 3.87. The van der Waals surface area contributed by atoms with Gasteiger partial charge in [-0.05, 0) is 85.9 Å². The summed E-state index contributed by atoms with van der Waals surface area (Å²) in [5.74, 6) is 0. The molecule has 0 saturated carbocycles. The monoisotopic (exact) mass is 562 g/mol. The number of anilines is 3. The fourth-order valence-corrected chi connectivity index (χ4v) is 6.64. The molecule has 7 aromatic carbocycles. The number of furan rings is 1. The minimum atomic E-state index is 0.832. The molecule has 9 rings (SSSR count). The highest BCUT2D eigenvalue weighted by molar-refractivity contribution is 6.18. The molecule has 0 aliphatic carbocycles. The molecule has 206 valence electrons. The van der Waals surface area contributed by atoms with Crippen molar-refractivity contribution < 1.29 is 4.42 Å². The summed E-state index contributed by atoms with van der Waals surface area (Å²) in [5.41, 5.74) is 7.25. The zero-order chi connectivity index (χ0) is 29.0. The quantitative estimate of drug-likeness (QED) is 0.200. The van der Waals surface area contributed by atoms with Crippen molar-refractivity contribution in [3.8, 4) is 11.1 Å². The van der Waals surface area contributed by atoms with E-state index in [0.29, 0.717) is 0 Å². The van der Waals surface area contributed by atoms with E-state index in [9.17, 15) is 0 Å².